The summed E-state index contributed by atoms with van der Waals surface area (Å²) in [5.74, 6) is -1.16. The monoisotopic (exact) mass is 434 g/mol. The van der Waals surface area contributed by atoms with Gasteiger partial charge in [-0.2, -0.15) is 0 Å². The quantitative estimate of drug-likeness (QED) is 0.424. The lowest BCUT2D eigenvalue weighted by Crippen LogP contribution is -2.33. The minimum atomic E-state index is -0.489. The third-order valence-electron chi connectivity index (χ3n) is 4.70. The second-order valence-electron chi connectivity index (χ2n) is 6.68. The zero-order valence-corrected chi connectivity index (χ0v) is 17.1. The van der Waals surface area contributed by atoms with Crippen molar-refractivity contribution in [3.8, 4) is 0 Å². The van der Waals surface area contributed by atoms with Crippen molar-refractivity contribution in [3.05, 3.63) is 106 Å². The smallest absolute Gasteiger partial charge is 0.337 e. The average Bonchev–Trinajstić information content (AvgIpc) is 3.10. The van der Waals surface area contributed by atoms with E-state index in [1.54, 1.807) is 72.8 Å². The number of hydrogen-bond acceptors (Lipinski definition) is 4. The molecule has 7 heteroatoms. The van der Waals surface area contributed by atoms with Gasteiger partial charge in [-0.3, -0.25) is 9.69 Å². The van der Waals surface area contributed by atoms with Gasteiger partial charge < -0.3 is 4.74 Å². The van der Waals surface area contributed by atoms with E-state index in [1.807, 2.05) is 0 Å². The number of amides is 1. The minimum absolute atomic E-state index is 0.138. The van der Waals surface area contributed by atoms with Crippen LogP contribution in [0.3, 0.4) is 0 Å². The molecule has 3 aromatic rings. The van der Waals surface area contributed by atoms with E-state index in [-0.39, 0.29) is 17.1 Å². The fourth-order valence-corrected chi connectivity index (χ4v) is 3.29. The predicted molar refractivity (Wildman–Crippen MR) is 118 cm³/mol. The van der Waals surface area contributed by atoms with Crippen molar-refractivity contribution in [1.82, 2.24) is 0 Å². The van der Waals surface area contributed by atoms with Gasteiger partial charge in [0.1, 0.15) is 11.5 Å². The van der Waals surface area contributed by atoms with Crippen LogP contribution in [0.1, 0.15) is 21.5 Å². The van der Waals surface area contributed by atoms with Gasteiger partial charge >= 0.3 is 5.97 Å². The second-order valence-corrected chi connectivity index (χ2v) is 7.11. The number of carbonyl (C=O) groups is 2. The second kappa shape index (κ2) is 8.53. The molecule has 4 rings (SSSR count). The van der Waals surface area contributed by atoms with Crippen LogP contribution in [-0.2, 0) is 9.53 Å². The van der Waals surface area contributed by atoms with Crippen LogP contribution in [0.15, 0.2) is 83.5 Å². The molecule has 0 aliphatic carbocycles. The SMILES string of the molecule is COC(=O)c1ccc(/C=C2/N=C(c3ccccc3F)N(c3ccc(Cl)cc3)C2=O)cc1. The number of esters is 1. The summed E-state index contributed by atoms with van der Waals surface area (Å²) >= 11 is 5.98. The maximum atomic E-state index is 14.5. The molecule has 3 aromatic carbocycles. The van der Waals surface area contributed by atoms with Crippen LogP contribution in [0.5, 0.6) is 0 Å². The number of rotatable bonds is 4. The number of methoxy groups -OCH3 is 1. The molecule has 0 aromatic heterocycles. The highest BCUT2D eigenvalue weighted by Gasteiger charge is 2.33. The summed E-state index contributed by atoms with van der Waals surface area (Å²) in [5, 5.41) is 0.515. The molecule has 0 unspecified atom stereocenters. The van der Waals surface area contributed by atoms with Gasteiger partial charge in [0.25, 0.3) is 5.91 Å². The van der Waals surface area contributed by atoms with Gasteiger partial charge in [-0.1, -0.05) is 35.9 Å². The van der Waals surface area contributed by atoms with Crippen LogP contribution in [0.25, 0.3) is 6.08 Å². The van der Waals surface area contributed by atoms with Crippen LogP contribution in [0, 0.1) is 5.82 Å². The van der Waals surface area contributed by atoms with Crippen molar-refractivity contribution >= 4 is 41.1 Å². The number of halogens is 2. The molecular formula is C24H16ClFN2O3. The van der Waals surface area contributed by atoms with E-state index in [1.165, 1.54) is 18.1 Å². The van der Waals surface area contributed by atoms with E-state index in [2.05, 4.69) is 4.99 Å². The Morgan fingerprint density at radius 1 is 1.03 bits per heavy atom. The number of anilines is 1. The Morgan fingerprint density at radius 3 is 2.35 bits per heavy atom. The van der Waals surface area contributed by atoms with Crippen molar-refractivity contribution in [3.63, 3.8) is 0 Å². The highest BCUT2D eigenvalue weighted by atomic mass is 35.5. The normalized spacial score (nSPS) is 14.7. The van der Waals surface area contributed by atoms with Crippen molar-refractivity contribution in [2.75, 3.05) is 12.0 Å². The molecular weight excluding hydrogens is 419 g/mol. The molecule has 1 aliphatic rings. The number of hydrogen-bond donors (Lipinski definition) is 0. The Kier molecular flexibility index (Phi) is 5.64. The maximum Gasteiger partial charge on any atom is 0.337 e. The summed E-state index contributed by atoms with van der Waals surface area (Å²) in [6.07, 6.45) is 1.58. The lowest BCUT2D eigenvalue weighted by molar-refractivity contribution is -0.113. The lowest BCUT2D eigenvalue weighted by Gasteiger charge is -2.18. The highest BCUT2D eigenvalue weighted by Crippen LogP contribution is 2.29. The van der Waals surface area contributed by atoms with Crippen LogP contribution >= 0.6 is 11.6 Å². The first-order valence-electron chi connectivity index (χ1n) is 9.31. The molecule has 0 radical (unpaired) electrons. The largest absolute Gasteiger partial charge is 0.465 e. The van der Waals surface area contributed by atoms with Gasteiger partial charge in [-0.25, -0.2) is 14.2 Å². The average molecular weight is 435 g/mol. The van der Waals surface area contributed by atoms with Crippen molar-refractivity contribution in [2.24, 2.45) is 4.99 Å². The molecule has 0 saturated heterocycles. The topological polar surface area (TPSA) is 59.0 Å². The number of aliphatic imine (C=N–C) groups is 1. The van der Waals surface area contributed by atoms with E-state index in [0.29, 0.717) is 21.8 Å². The zero-order chi connectivity index (χ0) is 22.0. The summed E-state index contributed by atoms with van der Waals surface area (Å²) in [5.41, 5.74) is 1.90. The van der Waals surface area contributed by atoms with Gasteiger partial charge in [0.05, 0.1) is 23.9 Å². The van der Waals surface area contributed by atoms with Crippen molar-refractivity contribution < 1.29 is 18.7 Å². The molecule has 0 N–H and O–H groups in total. The fourth-order valence-electron chi connectivity index (χ4n) is 3.16. The fraction of sp³-hybridized carbons (Fsp3) is 0.0417. The van der Waals surface area contributed by atoms with Gasteiger partial charge in [0.2, 0.25) is 0 Å². The molecule has 1 heterocycles. The third-order valence-corrected chi connectivity index (χ3v) is 4.95. The first-order chi connectivity index (χ1) is 15.0. The van der Waals surface area contributed by atoms with Gasteiger partial charge in [0.15, 0.2) is 5.84 Å². The molecule has 154 valence electrons. The summed E-state index contributed by atoms with van der Waals surface area (Å²) in [6.45, 7) is 0. The standard InChI is InChI=1S/C24H16ClFN2O3/c1-31-24(30)16-8-6-15(7-9-16)14-21-23(29)28(18-12-10-17(25)11-13-18)22(27-21)19-4-2-3-5-20(19)26/h2-14H,1H3/b21-14+. The Labute approximate surface area is 183 Å². The first kappa shape index (κ1) is 20.5. The minimum Gasteiger partial charge on any atom is -0.465 e. The Hall–Kier alpha value is -3.77. The first-order valence-corrected chi connectivity index (χ1v) is 9.69. The van der Waals surface area contributed by atoms with E-state index in [0.717, 1.165) is 0 Å². The summed E-state index contributed by atoms with van der Waals surface area (Å²) in [7, 11) is 1.31. The number of ether oxygens (including phenoxy) is 1. The van der Waals surface area contributed by atoms with Gasteiger partial charge in [0, 0.05) is 5.02 Å². The molecule has 1 aliphatic heterocycles. The van der Waals surface area contributed by atoms with E-state index in [9.17, 15) is 14.0 Å². The third kappa shape index (κ3) is 4.11. The summed E-state index contributed by atoms with van der Waals surface area (Å²) < 4.78 is 19.2. The van der Waals surface area contributed by atoms with Crippen LogP contribution in [0.2, 0.25) is 5.02 Å². The zero-order valence-electron chi connectivity index (χ0n) is 16.4. The maximum absolute atomic E-state index is 14.5. The highest BCUT2D eigenvalue weighted by molar-refractivity contribution is 6.34. The molecule has 0 saturated carbocycles. The molecule has 31 heavy (non-hydrogen) atoms. The number of amidine groups is 1. The predicted octanol–water partition coefficient (Wildman–Crippen LogP) is 5.10. The molecule has 0 atom stereocenters. The molecule has 0 bridgehead atoms. The van der Waals surface area contributed by atoms with Crippen LogP contribution in [-0.4, -0.2) is 24.8 Å². The Balaban J connectivity index is 1.78. The van der Waals surface area contributed by atoms with Crippen molar-refractivity contribution in [1.29, 1.82) is 0 Å². The van der Waals surface area contributed by atoms with E-state index >= 15 is 0 Å². The summed E-state index contributed by atoms with van der Waals surface area (Å²) in [6, 6.07) is 19.3. The summed E-state index contributed by atoms with van der Waals surface area (Å²) in [4.78, 5) is 30.6. The van der Waals surface area contributed by atoms with Gasteiger partial charge in [-0.05, 0) is 60.2 Å². The van der Waals surface area contributed by atoms with E-state index in [4.69, 9.17) is 16.3 Å². The molecule has 1 amide bonds. The van der Waals surface area contributed by atoms with Crippen molar-refractivity contribution in [2.45, 2.75) is 0 Å². The van der Waals surface area contributed by atoms with Crippen LogP contribution in [0.4, 0.5) is 10.1 Å². The number of nitrogens with zero attached hydrogens (tertiary/aromatic N) is 2. The van der Waals surface area contributed by atoms with Crippen LogP contribution < -0.4 is 4.90 Å². The Bertz CT molecular complexity index is 1220. The van der Waals surface area contributed by atoms with Gasteiger partial charge in [-0.15, -0.1) is 0 Å². The molecule has 0 fully saturated rings. The lowest BCUT2D eigenvalue weighted by atomic mass is 10.1. The van der Waals surface area contributed by atoms with E-state index < -0.39 is 17.7 Å². The molecule has 0 spiro atoms. The number of benzene rings is 3. The molecule has 5 nitrogen and oxygen atoms in total. The Morgan fingerprint density at radius 2 is 1.71 bits per heavy atom. The number of carbonyl (C=O) groups excluding carboxylic acids is 2.